The molecular weight excluding hydrogens is 512 g/mol. The maximum atomic E-state index is 13.1. The van der Waals surface area contributed by atoms with Gasteiger partial charge in [-0.2, -0.15) is 0 Å². The molecule has 3 heterocycles. The number of amides is 3. The standard InChI is InChI=1S/C30H34N4O6/c1-38-26-16-19-3-6-27(35)32-11-13-34(30(37)21-7-10-31-18-21)12-8-28(36)33-24-9-14-40-25-5-4-20(17-23(24)25)22(15-19)29(26)39-2/h4-5,7,10,15-18,24,31H,3,6,8-9,11-14H2,1-2H3,(H,32,35)(H,33,36). The third-order valence-corrected chi connectivity index (χ3v) is 7.32. The number of carbonyl (C=O) groups is 3. The molecule has 0 radical (unpaired) electrons. The number of carbonyl (C=O) groups excluding carboxylic acids is 3. The van der Waals surface area contributed by atoms with Crippen LogP contribution in [0, 0.1) is 0 Å². The van der Waals surface area contributed by atoms with Gasteiger partial charge in [0.05, 0.1) is 32.4 Å². The van der Waals surface area contributed by atoms with Crippen molar-refractivity contribution in [2.45, 2.75) is 31.7 Å². The number of rotatable bonds is 3. The Morgan fingerprint density at radius 3 is 2.65 bits per heavy atom. The van der Waals surface area contributed by atoms with Crippen molar-refractivity contribution in [3.63, 3.8) is 0 Å². The number of aromatic nitrogens is 1. The summed E-state index contributed by atoms with van der Waals surface area (Å²) in [7, 11) is 3.19. The van der Waals surface area contributed by atoms with Gasteiger partial charge in [-0.3, -0.25) is 14.4 Å². The van der Waals surface area contributed by atoms with E-state index in [9.17, 15) is 14.4 Å². The van der Waals surface area contributed by atoms with Crippen molar-refractivity contribution >= 4 is 17.7 Å². The zero-order valence-corrected chi connectivity index (χ0v) is 22.7. The second-order valence-electron chi connectivity index (χ2n) is 9.88. The maximum Gasteiger partial charge on any atom is 0.255 e. The molecule has 2 aliphatic heterocycles. The summed E-state index contributed by atoms with van der Waals surface area (Å²) >= 11 is 0. The van der Waals surface area contributed by atoms with E-state index in [0.717, 1.165) is 28.0 Å². The van der Waals surface area contributed by atoms with Crippen LogP contribution in [0.2, 0.25) is 0 Å². The fraction of sp³-hybridized carbons (Fsp3) is 0.367. The highest BCUT2D eigenvalue weighted by atomic mass is 16.5. The number of benzene rings is 2. The van der Waals surface area contributed by atoms with E-state index in [-0.39, 0.29) is 56.2 Å². The Labute approximate surface area is 233 Å². The fourth-order valence-corrected chi connectivity index (χ4v) is 5.23. The second-order valence-corrected chi connectivity index (χ2v) is 9.88. The third-order valence-electron chi connectivity index (χ3n) is 7.32. The van der Waals surface area contributed by atoms with Crippen LogP contribution in [0.15, 0.2) is 48.8 Å². The molecule has 2 aromatic carbocycles. The summed E-state index contributed by atoms with van der Waals surface area (Å²) < 4.78 is 17.3. The van der Waals surface area contributed by atoms with Crippen molar-refractivity contribution in [1.82, 2.24) is 20.5 Å². The molecule has 10 heteroatoms. The first-order chi connectivity index (χ1) is 19.5. The quantitative estimate of drug-likeness (QED) is 0.464. The Hall–Kier alpha value is -4.47. The molecule has 1 unspecified atom stereocenters. The van der Waals surface area contributed by atoms with Crippen LogP contribution in [-0.2, 0) is 16.0 Å². The number of aryl methyl sites for hydroxylation is 1. The first-order valence-electron chi connectivity index (χ1n) is 13.5. The number of nitrogens with one attached hydrogen (secondary N) is 3. The summed E-state index contributed by atoms with van der Waals surface area (Å²) in [5.41, 5.74) is 4.02. The van der Waals surface area contributed by atoms with E-state index in [0.29, 0.717) is 36.5 Å². The molecule has 210 valence electrons. The minimum atomic E-state index is -0.237. The highest BCUT2D eigenvalue weighted by Gasteiger charge is 2.26. The van der Waals surface area contributed by atoms with Crippen molar-refractivity contribution in [3.05, 3.63) is 65.5 Å². The Kier molecular flexibility index (Phi) is 8.23. The lowest BCUT2D eigenvalue weighted by Gasteiger charge is -2.28. The Morgan fingerprint density at radius 2 is 1.88 bits per heavy atom. The summed E-state index contributed by atoms with van der Waals surface area (Å²) in [4.78, 5) is 43.4. The Bertz CT molecular complexity index is 1390. The number of ether oxygens (including phenoxy) is 3. The van der Waals surface area contributed by atoms with E-state index in [1.807, 2.05) is 30.3 Å². The average Bonchev–Trinajstić information content (AvgIpc) is 3.51. The number of nitrogens with zero attached hydrogens (tertiary/aromatic N) is 1. The van der Waals surface area contributed by atoms with Crippen LogP contribution in [0.5, 0.6) is 17.2 Å². The van der Waals surface area contributed by atoms with Gasteiger partial charge in [0.2, 0.25) is 11.8 Å². The van der Waals surface area contributed by atoms with Gasteiger partial charge in [-0.25, -0.2) is 0 Å². The zero-order chi connectivity index (χ0) is 28.1. The summed E-state index contributed by atoms with van der Waals surface area (Å²) in [6, 6.07) is 11.2. The number of hydrogen-bond donors (Lipinski definition) is 3. The van der Waals surface area contributed by atoms with Crippen LogP contribution in [0.25, 0.3) is 11.1 Å². The minimum Gasteiger partial charge on any atom is -0.493 e. The predicted molar refractivity (Wildman–Crippen MR) is 149 cm³/mol. The summed E-state index contributed by atoms with van der Waals surface area (Å²) in [6.07, 6.45) is 4.83. The molecule has 3 aromatic rings. The second kappa shape index (κ2) is 12.1. The Morgan fingerprint density at radius 1 is 1.00 bits per heavy atom. The maximum absolute atomic E-state index is 13.1. The first kappa shape index (κ1) is 27.1. The molecule has 0 aliphatic carbocycles. The highest BCUT2D eigenvalue weighted by Crippen LogP contribution is 2.42. The molecule has 10 nitrogen and oxygen atoms in total. The van der Waals surface area contributed by atoms with E-state index in [2.05, 4.69) is 15.6 Å². The van der Waals surface area contributed by atoms with Gasteiger partial charge < -0.3 is 34.7 Å². The van der Waals surface area contributed by atoms with Crippen molar-refractivity contribution in [3.8, 4) is 28.4 Å². The smallest absolute Gasteiger partial charge is 0.255 e. The van der Waals surface area contributed by atoms with Crippen molar-refractivity contribution < 1.29 is 28.6 Å². The van der Waals surface area contributed by atoms with Crippen LogP contribution in [-0.4, -0.2) is 68.1 Å². The summed E-state index contributed by atoms with van der Waals surface area (Å²) in [5.74, 6) is 1.39. The molecule has 0 spiro atoms. The molecule has 0 saturated heterocycles. The van der Waals surface area contributed by atoms with Gasteiger partial charge in [-0.15, -0.1) is 0 Å². The van der Waals surface area contributed by atoms with Crippen LogP contribution >= 0.6 is 0 Å². The van der Waals surface area contributed by atoms with Gasteiger partial charge in [-0.05, 0) is 47.9 Å². The van der Waals surface area contributed by atoms with E-state index in [4.69, 9.17) is 14.2 Å². The number of H-pyrrole nitrogens is 1. The van der Waals surface area contributed by atoms with Crippen LogP contribution < -0.4 is 24.8 Å². The average molecular weight is 547 g/mol. The molecule has 1 atom stereocenters. The zero-order valence-electron chi connectivity index (χ0n) is 22.7. The largest absolute Gasteiger partial charge is 0.493 e. The van der Waals surface area contributed by atoms with E-state index >= 15 is 0 Å². The normalized spacial score (nSPS) is 17.9. The first-order valence-corrected chi connectivity index (χ1v) is 13.5. The van der Waals surface area contributed by atoms with Gasteiger partial charge in [0, 0.05) is 62.4 Å². The molecule has 2 aliphatic rings. The van der Waals surface area contributed by atoms with Gasteiger partial charge in [0.15, 0.2) is 11.5 Å². The fourth-order valence-electron chi connectivity index (χ4n) is 5.23. The molecule has 0 saturated carbocycles. The van der Waals surface area contributed by atoms with Crippen LogP contribution in [0.4, 0.5) is 0 Å². The van der Waals surface area contributed by atoms with Gasteiger partial charge in [0.1, 0.15) is 5.75 Å². The predicted octanol–water partition coefficient (Wildman–Crippen LogP) is 3.23. The van der Waals surface area contributed by atoms with E-state index in [1.165, 1.54) is 0 Å². The van der Waals surface area contributed by atoms with Gasteiger partial charge in [-0.1, -0.05) is 6.07 Å². The van der Waals surface area contributed by atoms with Crippen molar-refractivity contribution in [2.24, 2.45) is 0 Å². The molecule has 3 amide bonds. The van der Waals surface area contributed by atoms with Crippen molar-refractivity contribution in [1.29, 1.82) is 0 Å². The molecule has 1 aromatic heterocycles. The number of fused-ring (bicyclic) bond motifs is 4. The topological polar surface area (TPSA) is 122 Å². The molecular formula is C30H34N4O6. The molecule has 3 N–H and O–H groups in total. The van der Waals surface area contributed by atoms with Gasteiger partial charge >= 0.3 is 0 Å². The minimum absolute atomic E-state index is 0.127. The molecule has 4 bridgehead atoms. The van der Waals surface area contributed by atoms with E-state index in [1.54, 1.807) is 37.6 Å². The third kappa shape index (κ3) is 5.90. The lowest BCUT2D eigenvalue weighted by molar-refractivity contribution is -0.123. The molecule has 40 heavy (non-hydrogen) atoms. The van der Waals surface area contributed by atoms with E-state index < -0.39 is 0 Å². The molecule has 5 rings (SSSR count). The SMILES string of the molecule is COc1cc2cc(c1OC)-c1ccc3c(c1)C(CCO3)NC(=O)CCN(C(=O)c1cc[nH]c1)CCNC(=O)CC2. The number of methoxy groups -OCH3 is 2. The number of aromatic amines is 1. The highest BCUT2D eigenvalue weighted by molar-refractivity contribution is 5.94. The lowest BCUT2D eigenvalue weighted by atomic mass is 9.93. The van der Waals surface area contributed by atoms with Crippen molar-refractivity contribution in [2.75, 3.05) is 40.5 Å². The lowest BCUT2D eigenvalue weighted by Crippen LogP contribution is -2.41. The van der Waals surface area contributed by atoms with Gasteiger partial charge in [0.25, 0.3) is 5.91 Å². The molecule has 0 fully saturated rings. The number of hydrogen-bond acceptors (Lipinski definition) is 6. The van der Waals surface area contributed by atoms with Crippen LogP contribution in [0.1, 0.15) is 46.8 Å². The summed E-state index contributed by atoms with van der Waals surface area (Å²) in [6.45, 7) is 1.28. The van der Waals surface area contributed by atoms with Crippen LogP contribution in [0.3, 0.4) is 0 Å². The Balaban J connectivity index is 1.49. The summed E-state index contributed by atoms with van der Waals surface area (Å²) in [5, 5.41) is 6.05. The monoisotopic (exact) mass is 546 g/mol.